The molecule has 1 aliphatic heterocycles. The average Bonchev–Trinajstić information content (AvgIpc) is 3.04. The molecule has 27 heavy (non-hydrogen) atoms. The van der Waals surface area contributed by atoms with Gasteiger partial charge in [0.25, 0.3) is 5.91 Å². The van der Waals surface area contributed by atoms with E-state index in [9.17, 15) is 14.0 Å². The molecular formula is C19H22ClFN4O2. The van der Waals surface area contributed by atoms with E-state index in [2.05, 4.69) is 20.9 Å². The lowest BCUT2D eigenvalue weighted by molar-refractivity contribution is -0.115. The van der Waals surface area contributed by atoms with Gasteiger partial charge < -0.3 is 20.9 Å². The van der Waals surface area contributed by atoms with Crippen molar-refractivity contribution in [3.05, 3.63) is 46.5 Å². The van der Waals surface area contributed by atoms with Gasteiger partial charge in [-0.2, -0.15) is 0 Å². The van der Waals surface area contributed by atoms with Crippen molar-refractivity contribution in [1.29, 1.82) is 0 Å². The normalized spacial score (nSPS) is 13.9. The van der Waals surface area contributed by atoms with Crippen LogP contribution in [0.15, 0.2) is 18.2 Å². The molecule has 1 aliphatic rings. The van der Waals surface area contributed by atoms with E-state index in [1.807, 2.05) is 20.8 Å². The molecule has 0 aliphatic carbocycles. The van der Waals surface area contributed by atoms with Crippen molar-refractivity contribution in [2.75, 3.05) is 23.7 Å². The number of aromatic nitrogens is 1. The number of nitrogens with one attached hydrogen (secondary N) is 4. The van der Waals surface area contributed by atoms with Crippen molar-refractivity contribution in [2.45, 2.75) is 20.8 Å². The lowest BCUT2D eigenvalue weighted by Crippen LogP contribution is -2.28. The fourth-order valence-corrected chi connectivity index (χ4v) is 2.98. The van der Waals surface area contributed by atoms with Crippen LogP contribution in [0.4, 0.5) is 15.8 Å². The highest BCUT2D eigenvalue weighted by atomic mass is 35.5. The van der Waals surface area contributed by atoms with Gasteiger partial charge in [-0.05, 0) is 50.2 Å². The van der Waals surface area contributed by atoms with E-state index in [4.69, 9.17) is 0 Å². The van der Waals surface area contributed by atoms with Crippen molar-refractivity contribution in [3.8, 4) is 0 Å². The van der Waals surface area contributed by atoms with Gasteiger partial charge in [-0.3, -0.25) is 9.59 Å². The van der Waals surface area contributed by atoms with Gasteiger partial charge in [-0.25, -0.2) is 4.39 Å². The van der Waals surface area contributed by atoms with E-state index >= 15 is 0 Å². The number of anilines is 2. The minimum Gasteiger partial charge on any atom is -0.357 e. The standard InChI is InChI=1S/C19H21FN4O2.ClH/c1-4-21-9-17(25)24-18-10(2)16(22-11(18)3)8-14-13-7-12(20)5-6-15(13)23-19(14)26;/h5-8,21-22H,4,9H2,1-3H3,(H,23,26)(H,24,25);1H/b14-8-;. The second-order valence-corrected chi connectivity index (χ2v) is 6.19. The first kappa shape index (κ1) is 20.7. The number of fused-ring (bicyclic) bond motifs is 1. The monoisotopic (exact) mass is 392 g/mol. The average molecular weight is 393 g/mol. The summed E-state index contributed by atoms with van der Waals surface area (Å²) < 4.78 is 13.6. The van der Waals surface area contributed by atoms with Crippen molar-refractivity contribution >= 4 is 47.2 Å². The summed E-state index contributed by atoms with van der Waals surface area (Å²) in [5.74, 6) is -0.820. The van der Waals surface area contributed by atoms with Gasteiger partial charge in [0, 0.05) is 22.6 Å². The fourth-order valence-electron chi connectivity index (χ4n) is 2.98. The first-order chi connectivity index (χ1) is 12.4. The van der Waals surface area contributed by atoms with Gasteiger partial charge in [0.1, 0.15) is 5.82 Å². The molecule has 0 saturated carbocycles. The van der Waals surface area contributed by atoms with Crippen LogP contribution >= 0.6 is 12.4 Å². The molecule has 8 heteroatoms. The van der Waals surface area contributed by atoms with Gasteiger partial charge in [-0.15, -0.1) is 12.4 Å². The first-order valence-electron chi connectivity index (χ1n) is 8.43. The summed E-state index contributed by atoms with van der Waals surface area (Å²) in [5, 5.41) is 8.57. The van der Waals surface area contributed by atoms with Gasteiger partial charge >= 0.3 is 0 Å². The summed E-state index contributed by atoms with van der Waals surface area (Å²) >= 11 is 0. The van der Waals surface area contributed by atoms with E-state index < -0.39 is 5.82 Å². The Morgan fingerprint density at radius 2 is 2.04 bits per heavy atom. The predicted molar refractivity (Wildman–Crippen MR) is 108 cm³/mol. The molecule has 1 aromatic heterocycles. The molecule has 144 valence electrons. The number of halogens is 2. The van der Waals surface area contributed by atoms with Crippen LogP contribution in [0.25, 0.3) is 11.6 Å². The van der Waals surface area contributed by atoms with E-state index in [1.165, 1.54) is 12.1 Å². The van der Waals surface area contributed by atoms with Crippen molar-refractivity contribution in [3.63, 3.8) is 0 Å². The van der Waals surface area contributed by atoms with Gasteiger partial charge in [0.15, 0.2) is 0 Å². The molecule has 0 spiro atoms. The van der Waals surface area contributed by atoms with Crippen LogP contribution in [-0.4, -0.2) is 29.9 Å². The molecule has 1 aromatic carbocycles. The Labute approximate surface area is 163 Å². The van der Waals surface area contributed by atoms with E-state index in [1.54, 1.807) is 12.1 Å². The lowest BCUT2D eigenvalue weighted by atomic mass is 10.0. The summed E-state index contributed by atoms with van der Waals surface area (Å²) in [7, 11) is 0. The minimum atomic E-state index is -0.401. The highest BCUT2D eigenvalue weighted by Gasteiger charge is 2.25. The third kappa shape index (κ3) is 4.20. The molecule has 2 aromatic rings. The quantitative estimate of drug-likeness (QED) is 0.589. The molecular weight excluding hydrogens is 371 g/mol. The molecule has 2 heterocycles. The summed E-state index contributed by atoms with van der Waals surface area (Å²) in [6, 6.07) is 4.19. The molecule has 0 fully saturated rings. The maximum Gasteiger partial charge on any atom is 0.256 e. The zero-order valence-corrected chi connectivity index (χ0v) is 16.1. The number of hydrogen-bond acceptors (Lipinski definition) is 3. The predicted octanol–water partition coefficient (Wildman–Crippen LogP) is 3.23. The zero-order valence-electron chi connectivity index (χ0n) is 15.3. The maximum absolute atomic E-state index is 13.6. The molecule has 0 unspecified atom stereocenters. The van der Waals surface area contributed by atoms with Crippen LogP contribution in [0, 0.1) is 19.7 Å². The minimum absolute atomic E-state index is 0. The molecule has 4 N–H and O–H groups in total. The number of carbonyl (C=O) groups excluding carboxylic acids is 2. The number of benzene rings is 1. The van der Waals surface area contributed by atoms with Crippen LogP contribution in [-0.2, 0) is 9.59 Å². The SMILES string of the molecule is CCNCC(=O)Nc1c(C)[nH]c(/C=C2\C(=O)Nc3ccc(F)cc32)c1C.Cl. The molecule has 3 rings (SSSR count). The topological polar surface area (TPSA) is 86.0 Å². The van der Waals surface area contributed by atoms with Crippen molar-refractivity contribution < 1.29 is 14.0 Å². The van der Waals surface area contributed by atoms with E-state index in [0.29, 0.717) is 34.8 Å². The van der Waals surface area contributed by atoms with E-state index in [0.717, 1.165) is 11.3 Å². The summed E-state index contributed by atoms with van der Waals surface area (Å²) in [5.41, 5.74) is 4.49. The number of aryl methyl sites for hydroxylation is 1. The Hall–Kier alpha value is -2.64. The summed E-state index contributed by atoms with van der Waals surface area (Å²) in [4.78, 5) is 27.4. The van der Waals surface area contributed by atoms with Gasteiger partial charge in [-0.1, -0.05) is 6.92 Å². The van der Waals surface area contributed by atoms with Crippen LogP contribution < -0.4 is 16.0 Å². The van der Waals surface area contributed by atoms with Crippen LogP contribution in [0.1, 0.15) is 29.4 Å². The Bertz CT molecular complexity index is 921. The molecule has 0 bridgehead atoms. The first-order valence-corrected chi connectivity index (χ1v) is 8.43. The molecule has 0 saturated heterocycles. The number of amides is 2. The number of rotatable bonds is 5. The van der Waals surface area contributed by atoms with Gasteiger partial charge in [0.2, 0.25) is 5.91 Å². The van der Waals surface area contributed by atoms with Crippen molar-refractivity contribution in [1.82, 2.24) is 10.3 Å². The zero-order chi connectivity index (χ0) is 18.8. The second-order valence-electron chi connectivity index (χ2n) is 6.19. The molecule has 0 radical (unpaired) electrons. The summed E-state index contributed by atoms with van der Waals surface area (Å²) in [6.07, 6.45) is 1.68. The highest BCUT2D eigenvalue weighted by molar-refractivity contribution is 6.34. The highest BCUT2D eigenvalue weighted by Crippen LogP contribution is 2.35. The van der Waals surface area contributed by atoms with Crippen LogP contribution in [0.3, 0.4) is 0 Å². The molecule has 0 atom stereocenters. The Balaban J connectivity index is 0.00000261. The maximum atomic E-state index is 13.6. The molecule has 6 nitrogen and oxygen atoms in total. The number of likely N-dealkylation sites (N-methyl/N-ethyl adjacent to an activating group) is 1. The smallest absolute Gasteiger partial charge is 0.256 e. The molecule has 2 amide bonds. The third-order valence-electron chi connectivity index (χ3n) is 4.33. The number of carbonyl (C=O) groups is 2. The number of hydrogen-bond donors (Lipinski definition) is 4. The Morgan fingerprint density at radius 3 is 2.74 bits per heavy atom. The Kier molecular flexibility index (Phi) is 6.41. The Morgan fingerprint density at radius 1 is 1.30 bits per heavy atom. The van der Waals surface area contributed by atoms with Crippen LogP contribution in [0.5, 0.6) is 0 Å². The van der Waals surface area contributed by atoms with Gasteiger partial charge in [0.05, 0.1) is 17.8 Å². The number of H-pyrrole nitrogens is 1. The largest absolute Gasteiger partial charge is 0.357 e. The third-order valence-corrected chi connectivity index (χ3v) is 4.33. The second kappa shape index (κ2) is 8.37. The van der Waals surface area contributed by atoms with Crippen molar-refractivity contribution in [2.24, 2.45) is 0 Å². The lowest BCUT2D eigenvalue weighted by Gasteiger charge is -2.06. The van der Waals surface area contributed by atoms with E-state index in [-0.39, 0.29) is 30.8 Å². The fraction of sp³-hybridized carbons (Fsp3) is 0.263. The number of aromatic amines is 1. The summed E-state index contributed by atoms with van der Waals surface area (Å²) in [6.45, 7) is 6.57. The van der Waals surface area contributed by atoms with Crippen LogP contribution in [0.2, 0.25) is 0 Å².